The van der Waals surface area contributed by atoms with Gasteiger partial charge in [0.25, 0.3) is 0 Å². The van der Waals surface area contributed by atoms with Crippen LogP contribution in [0.15, 0.2) is 75.9 Å². The Morgan fingerprint density at radius 2 is 1.71 bits per heavy atom. The van der Waals surface area contributed by atoms with Crippen LogP contribution in [0.1, 0.15) is 48.1 Å². The van der Waals surface area contributed by atoms with Crippen molar-refractivity contribution in [3.8, 4) is 17.5 Å². The highest BCUT2D eigenvalue weighted by molar-refractivity contribution is 5.54. The largest absolute Gasteiger partial charge is 0.434 e. The first-order valence-electron chi connectivity index (χ1n) is 12.2. The van der Waals surface area contributed by atoms with Gasteiger partial charge in [0, 0.05) is 30.6 Å². The molecule has 2 atom stereocenters. The molecule has 1 aromatic heterocycles. The average molecular weight is 519 g/mol. The molecule has 1 saturated heterocycles. The molecule has 1 N–H and O–H groups in total. The number of aromatic nitrogens is 2. The quantitative estimate of drug-likeness (QED) is 0.338. The van der Waals surface area contributed by atoms with E-state index in [1.165, 1.54) is 26.0 Å². The average Bonchev–Trinajstić information content (AvgIpc) is 3.28. The van der Waals surface area contributed by atoms with E-state index in [9.17, 15) is 18.8 Å². The predicted octanol–water partition coefficient (Wildman–Crippen LogP) is 5.73. The summed E-state index contributed by atoms with van der Waals surface area (Å²) in [5, 5.41) is 15.5. The van der Waals surface area contributed by atoms with Gasteiger partial charge in [0.2, 0.25) is 5.89 Å². The maximum absolute atomic E-state index is 15.4. The number of hydrogen-bond donors (Lipinski definition) is 1. The summed E-state index contributed by atoms with van der Waals surface area (Å²) in [6.45, 7) is 3.83. The van der Waals surface area contributed by atoms with Crippen molar-refractivity contribution in [2.45, 2.75) is 31.5 Å². The van der Waals surface area contributed by atoms with E-state index in [1.54, 1.807) is 18.2 Å². The Bertz CT molecular complexity index is 1520. The molecule has 0 radical (unpaired) electrons. The lowest BCUT2D eigenvalue weighted by Gasteiger charge is -2.50. The van der Waals surface area contributed by atoms with E-state index in [4.69, 9.17) is 4.42 Å². The van der Waals surface area contributed by atoms with Crippen LogP contribution in [-0.4, -0.2) is 33.9 Å². The minimum absolute atomic E-state index is 0.170. The smallest absolute Gasteiger partial charge is 0.388 e. The van der Waals surface area contributed by atoms with Crippen molar-refractivity contribution < 1.29 is 17.6 Å². The SMILES string of the molecule is CC(C)(F)[C@H](c1cc(F)cc(F)c1)C1CN([C@@H](c2ccc(-c3n[nH]c(=O)o3)cc2)c2cccc(C#N)c2)C1. The number of rotatable bonds is 7. The van der Waals surface area contributed by atoms with Gasteiger partial charge in [0.1, 0.15) is 17.3 Å². The van der Waals surface area contributed by atoms with Gasteiger partial charge in [-0.15, -0.1) is 5.10 Å². The van der Waals surface area contributed by atoms with Crippen LogP contribution in [0, 0.1) is 28.9 Å². The Morgan fingerprint density at radius 3 is 2.29 bits per heavy atom. The van der Waals surface area contributed by atoms with Crippen molar-refractivity contribution in [1.82, 2.24) is 15.1 Å². The number of aromatic amines is 1. The van der Waals surface area contributed by atoms with E-state index in [1.807, 2.05) is 30.3 Å². The third kappa shape index (κ3) is 5.13. The summed E-state index contributed by atoms with van der Waals surface area (Å²) in [6.07, 6.45) is 0. The zero-order chi connectivity index (χ0) is 27.0. The number of alkyl halides is 1. The topological polar surface area (TPSA) is 85.9 Å². The van der Waals surface area contributed by atoms with E-state index in [2.05, 4.69) is 21.2 Å². The maximum atomic E-state index is 15.4. The van der Waals surface area contributed by atoms with Crippen LogP contribution < -0.4 is 5.76 Å². The molecular formula is C29H25F3N4O2. The molecule has 4 aromatic rings. The molecule has 1 fully saturated rings. The monoisotopic (exact) mass is 518 g/mol. The first kappa shape index (κ1) is 25.5. The first-order valence-corrected chi connectivity index (χ1v) is 12.2. The normalized spacial score (nSPS) is 16.0. The summed E-state index contributed by atoms with van der Waals surface area (Å²) >= 11 is 0. The number of halogens is 3. The highest BCUT2D eigenvalue weighted by Crippen LogP contribution is 2.45. The van der Waals surface area contributed by atoms with Gasteiger partial charge in [0.15, 0.2) is 0 Å². The molecule has 1 aliphatic heterocycles. The van der Waals surface area contributed by atoms with E-state index in [0.717, 1.165) is 17.2 Å². The lowest BCUT2D eigenvalue weighted by atomic mass is 9.72. The summed E-state index contributed by atoms with van der Waals surface area (Å²) in [5.41, 5.74) is 1.51. The summed E-state index contributed by atoms with van der Waals surface area (Å²) in [6, 6.07) is 19.7. The van der Waals surface area contributed by atoms with E-state index in [-0.39, 0.29) is 17.9 Å². The molecule has 0 aliphatic carbocycles. The van der Waals surface area contributed by atoms with Crippen LogP contribution in [0.4, 0.5) is 13.2 Å². The number of nitrogens with zero attached hydrogens (tertiary/aromatic N) is 3. The lowest BCUT2D eigenvalue weighted by Crippen LogP contribution is -2.53. The second kappa shape index (κ2) is 9.95. The number of H-pyrrole nitrogens is 1. The van der Waals surface area contributed by atoms with E-state index in [0.29, 0.717) is 29.8 Å². The molecule has 194 valence electrons. The summed E-state index contributed by atoms with van der Waals surface area (Å²) in [4.78, 5) is 13.5. The standard InChI is InChI=1S/C29H25F3N4O2/c1-29(2,32)25(21-11-23(30)13-24(31)12-21)22-15-36(16-22)26(20-5-3-4-17(10-20)14-33)18-6-8-19(9-7-18)27-34-35-28(37)38-27/h3-13,22,25-26H,15-16H2,1-2H3,(H,35,37)/t25-,26+/m1/s1. The van der Waals surface area contributed by atoms with Crippen molar-refractivity contribution >= 4 is 0 Å². The van der Waals surface area contributed by atoms with Crippen LogP contribution in [0.5, 0.6) is 0 Å². The minimum Gasteiger partial charge on any atom is -0.388 e. The third-order valence-electron chi connectivity index (χ3n) is 7.00. The summed E-state index contributed by atoms with van der Waals surface area (Å²) < 4.78 is 48.5. The van der Waals surface area contributed by atoms with Gasteiger partial charge in [-0.2, -0.15) is 5.26 Å². The summed E-state index contributed by atoms with van der Waals surface area (Å²) in [7, 11) is 0. The molecule has 6 nitrogen and oxygen atoms in total. The van der Waals surface area contributed by atoms with Crippen LogP contribution in [0.25, 0.3) is 11.5 Å². The molecule has 0 bridgehead atoms. The van der Waals surface area contributed by atoms with Gasteiger partial charge < -0.3 is 4.42 Å². The predicted molar refractivity (Wildman–Crippen MR) is 135 cm³/mol. The maximum Gasteiger partial charge on any atom is 0.434 e. The van der Waals surface area contributed by atoms with Gasteiger partial charge >= 0.3 is 5.76 Å². The molecule has 2 heterocycles. The first-order chi connectivity index (χ1) is 18.1. The van der Waals surface area contributed by atoms with Crippen LogP contribution in [0.3, 0.4) is 0 Å². The number of benzene rings is 3. The van der Waals surface area contributed by atoms with Crippen LogP contribution in [-0.2, 0) is 0 Å². The zero-order valence-corrected chi connectivity index (χ0v) is 20.8. The van der Waals surface area contributed by atoms with Crippen molar-refractivity contribution in [1.29, 1.82) is 5.26 Å². The molecular weight excluding hydrogens is 493 g/mol. The lowest BCUT2D eigenvalue weighted by molar-refractivity contribution is 0.00804. The molecule has 0 spiro atoms. The van der Waals surface area contributed by atoms with Gasteiger partial charge in [-0.05, 0) is 72.9 Å². The number of likely N-dealkylation sites (tertiary alicyclic amines) is 1. The van der Waals surface area contributed by atoms with Gasteiger partial charge in [0.05, 0.1) is 17.7 Å². The van der Waals surface area contributed by atoms with Crippen molar-refractivity contribution in [3.05, 3.63) is 111 Å². The van der Waals surface area contributed by atoms with Crippen molar-refractivity contribution in [3.63, 3.8) is 0 Å². The van der Waals surface area contributed by atoms with Crippen LogP contribution >= 0.6 is 0 Å². The molecule has 3 aromatic carbocycles. The van der Waals surface area contributed by atoms with Crippen molar-refractivity contribution in [2.24, 2.45) is 5.92 Å². The molecule has 0 amide bonds. The molecule has 38 heavy (non-hydrogen) atoms. The Balaban J connectivity index is 1.46. The Morgan fingerprint density at radius 1 is 1.03 bits per heavy atom. The Kier molecular flexibility index (Phi) is 6.67. The number of nitrogens with one attached hydrogen (secondary N) is 1. The van der Waals surface area contributed by atoms with Crippen LogP contribution in [0.2, 0.25) is 0 Å². The number of hydrogen-bond acceptors (Lipinski definition) is 5. The fourth-order valence-electron chi connectivity index (χ4n) is 5.51. The molecule has 1 aliphatic rings. The highest BCUT2D eigenvalue weighted by atomic mass is 19.1. The number of nitriles is 1. The highest BCUT2D eigenvalue weighted by Gasteiger charge is 2.45. The Hall–Kier alpha value is -4.16. The molecule has 5 rings (SSSR count). The molecule has 0 unspecified atom stereocenters. The third-order valence-corrected chi connectivity index (χ3v) is 7.00. The van der Waals surface area contributed by atoms with Crippen molar-refractivity contribution in [2.75, 3.05) is 13.1 Å². The van der Waals surface area contributed by atoms with Gasteiger partial charge in [-0.3, -0.25) is 4.90 Å². The fraction of sp³-hybridized carbons (Fsp3) is 0.276. The van der Waals surface area contributed by atoms with Gasteiger partial charge in [-0.25, -0.2) is 23.1 Å². The fourth-order valence-corrected chi connectivity index (χ4v) is 5.51. The Labute approximate surface area is 217 Å². The van der Waals surface area contributed by atoms with E-state index >= 15 is 4.39 Å². The van der Waals surface area contributed by atoms with E-state index < -0.39 is 29.0 Å². The second-order valence-corrected chi connectivity index (χ2v) is 10.1. The second-order valence-electron chi connectivity index (χ2n) is 10.1. The zero-order valence-electron chi connectivity index (χ0n) is 20.8. The van der Waals surface area contributed by atoms with Gasteiger partial charge in [-0.1, -0.05) is 24.3 Å². The minimum atomic E-state index is -1.71. The molecule has 9 heteroatoms. The summed E-state index contributed by atoms with van der Waals surface area (Å²) in [5.74, 6) is -2.83. The molecule has 0 saturated carbocycles.